The molecule has 0 radical (unpaired) electrons. The number of carbonyl (C=O) groups is 2. The van der Waals surface area contributed by atoms with E-state index in [-0.39, 0.29) is 30.6 Å². The first-order valence-electron chi connectivity index (χ1n) is 13.3. The molecule has 0 saturated heterocycles. The number of esters is 1. The molecule has 6 nitrogen and oxygen atoms in total. The van der Waals surface area contributed by atoms with Gasteiger partial charge < -0.3 is 9.84 Å². The van der Waals surface area contributed by atoms with E-state index in [4.69, 9.17) is 9.84 Å². The predicted octanol–water partition coefficient (Wildman–Crippen LogP) is 7.36. The first-order chi connectivity index (χ1) is 19.5. The molecule has 0 spiro atoms. The van der Waals surface area contributed by atoms with Crippen molar-refractivity contribution in [3.8, 4) is 22.3 Å². The van der Waals surface area contributed by atoms with E-state index in [9.17, 15) is 18.4 Å². The maximum Gasteiger partial charge on any atom is 0.310 e. The number of nitrogens with zero attached hydrogens (tertiary/aromatic N) is 2. The normalized spacial score (nSPS) is 10.8. The van der Waals surface area contributed by atoms with Crippen LogP contribution in [-0.2, 0) is 27.2 Å². The molecular formula is C33H34F2N2O4. The van der Waals surface area contributed by atoms with Gasteiger partial charge in [0, 0.05) is 24.5 Å². The molecule has 1 N–H and O–H groups in total. The van der Waals surface area contributed by atoms with Gasteiger partial charge in [-0.1, -0.05) is 64.1 Å². The Bertz CT molecular complexity index is 1520. The van der Waals surface area contributed by atoms with Crippen molar-refractivity contribution in [2.24, 2.45) is 0 Å². The summed E-state index contributed by atoms with van der Waals surface area (Å²) in [6.07, 6.45) is 2.91. The van der Waals surface area contributed by atoms with Crippen molar-refractivity contribution < 1.29 is 28.2 Å². The number of halogens is 2. The van der Waals surface area contributed by atoms with E-state index >= 15 is 0 Å². The van der Waals surface area contributed by atoms with Crippen LogP contribution in [0.3, 0.4) is 0 Å². The molecule has 4 rings (SSSR count). The van der Waals surface area contributed by atoms with Gasteiger partial charge in [-0.25, -0.2) is 9.97 Å². The van der Waals surface area contributed by atoms with Crippen LogP contribution in [0.1, 0.15) is 61.8 Å². The Balaban J connectivity index is 0.000000226. The molecular weight excluding hydrogens is 526 g/mol. The van der Waals surface area contributed by atoms with E-state index in [0.717, 1.165) is 33.4 Å². The molecule has 0 bridgehead atoms. The minimum absolute atomic E-state index is 0.0758. The molecule has 0 unspecified atom stereocenters. The lowest BCUT2D eigenvalue weighted by Gasteiger charge is -2.17. The standard InChI is InChI=1S/C17H18FNO2.C16H16FNO2/c1-11(2)13-5-4-6-14(15(13)10-17(20)21-3)12-7-8-19-16(18)9-12;1-10(2)12-4-3-5-13(14(12)9-16(19)20)11-6-7-18-15(17)8-11/h4-9,11H,10H2,1-3H3;3-8,10H,9H2,1-2H3,(H,19,20). The first-order valence-corrected chi connectivity index (χ1v) is 13.3. The summed E-state index contributed by atoms with van der Waals surface area (Å²) in [5.74, 6) is -1.84. The van der Waals surface area contributed by atoms with Crippen molar-refractivity contribution >= 4 is 11.9 Å². The molecule has 2 heterocycles. The van der Waals surface area contributed by atoms with Gasteiger partial charge in [0.05, 0.1) is 20.0 Å². The number of aliphatic carboxylic acids is 1. The zero-order chi connectivity index (χ0) is 30.1. The topological polar surface area (TPSA) is 89.4 Å². The number of pyridine rings is 2. The summed E-state index contributed by atoms with van der Waals surface area (Å²) in [5.41, 5.74) is 6.61. The van der Waals surface area contributed by atoms with E-state index in [1.54, 1.807) is 12.1 Å². The molecule has 0 saturated carbocycles. The highest BCUT2D eigenvalue weighted by atomic mass is 19.1. The van der Waals surface area contributed by atoms with E-state index in [2.05, 4.69) is 23.8 Å². The highest BCUT2D eigenvalue weighted by Crippen LogP contribution is 2.32. The molecule has 4 aromatic rings. The fraction of sp³-hybridized carbons (Fsp3) is 0.273. The maximum absolute atomic E-state index is 13.4. The van der Waals surface area contributed by atoms with Gasteiger partial charge in [-0.05, 0) is 68.5 Å². The second-order valence-corrected chi connectivity index (χ2v) is 10.1. The fourth-order valence-corrected chi connectivity index (χ4v) is 4.73. The summed E-state index contributed by atoms with van der Waals surface area (Å²) in [6, 6.07) is 17.5. The van der Waals surface area contributed by atoms with Crippen LogP contribution >= 0.6 is 0 Å². The van der Waals surface area contributed by atoms with Crippen LogP contribution < -0.4 is 0 Å². The largest absolute Gasteiger partial charge is 0.481 e. The molecule has 8 heteroatoms. The molecule has 0 aliphatic carbocycles. The molecule has 2 aromatic heterocycles. The lowest BCUT2D eigenvalue weighted by atomic mass is 9.89. The number of methoxy groups -OCH3 is 1. The molecule has 214 valence electrons. The van der Waals surface area contributed by atoms with Gasteiger partial charge in [0.25, 0.3) is 0 Å². The van der Waals surface area contributed by atoms with Gasteiger partial charge in [0.15, 0.2) is 0 Å². The van der Waals surface area contributed by atoms with Crippen molar-refractivity contribution in [1.29, 1.82) is 0 Å². The third-order valence-electron chi connectivity index (χ3n) is 6.62. The smallest absolute Gasteiger partial charge is 0.310 e. The Labute approximate surface area is 239 Å². The number of ether oxygens (including phenoxy) is 1. The van der Waals surface area contributed by atoms with Gasteiger partial charge in [0.2, 0.25) is 11.9 Å². The summed E-state index contributed by atoms with van der Waals surface area (Å²) in [4.78, 5) is 29.9. The van der Waals surface area contributed by atoms with E-state index in [0.29, 0.717) is 11.1 Å². The quantitative estimate of drug-likeness (QED) is 0.179. The number of carboxylic acid groups (broad SMARTS) is 1. The molecule has 41 heavy (non-hydrogen) atoms. The minimum atomic E-state index is -0.895. The average Bonchev–Trinajstić information content (AvgIpc) is 2.93. The van der Waals surface area contributed by atoms with Crippen LogP contribution in [-0.4, -0.2) is 34.1 Å². The Morgan fingerprint density at radius 1 is 0.756 bits per heavy atom. The van der Waals surface area contributed by atoms with Crippen LogP contribution in [0.4, 0.5) is 8.78 Å². The van der Waals surface area contributed by atoms with Crippen molar-refractivity contribution in [3.63, 3.8) is 0 Å². The number of carbonyl (C=O) groups excluding carboxylic acids is 1. The maximum atomic E-state index is 13.4. The van der Waals surface area contributed by atoms with Gasteiger partial charge in [0.1, 0.15) is 0 Å². The van der Waals surface area contributed by atoms with Crippen molar-refractivity contribution in [2.75, 3.05) is 7.11 Å². The number of rotatable bonds is 8. The molecule has 0 aliphatic heterocycles. The van der Waals surface area contributed by atoms with Crippen molar-refractivity contribution in [1.82, 2.24) is 9.97 Å². The number of aromatic nitrogens is 2. The van der Waals surface area contributed by atoms with Crippen LogP contribution in [0.2, 0.25) is 0 Å². The lowest BCUT2D eigenvalue weighted by molar-refractivity contribution is -0.140. The van der Waals surface area contributed by atoms with Gasteiger partial charge in [-0.15, -0.1) is 0 Å². The lowest BCUT2D eigenvalue weighted by Crippen LogP contribution is -2.09. The van der Waals surface area contributed by atoms with Crippen molar-refractivity contribution in [2.45, 2.75) is 52.4 Å². The minimum Gasteiger partial charge on any atom is -0.481 e. The number of carboxylic acids is 1. The van der Waals surface area contributed by atoms with E-state index in [1.165, 1.54) is 31.6 Å². The number of hydrogen-bond donors (Lipinski definition) is 1. The highest BCUT2D eigenvalue weighted by molar-refractivity contribution is 5.79. The molecule has 0 atom stereocenters. The zero-order valence-corrected chi connectivity index (χ0v) is 23.8. The Morgan fingerprint density at radius 3 is 1.56 bits per heavy atom. The average molecular weight is 561 g/mol. The van der Waals surface area contributed by atoms with Crippen molar-refractivity contribution in [3.05, 3.63) is 107 Å². The number of benzene rings is 2. The third kappa shape index (κ3) is 8.27. The van der Waals surface area contributed by atoms with E-state index < -0.39 is 17.9 Å². The highest BCUT2D eigenvalue weighted by Gasteiger charge is 2.17. The van der Waals surface area contributed by atoms with Crippen LogP contribution in [0.15, 0.2) is 73.1 Å². The predicted molar refractivity (Wildman–Crippen MR) is 154 cm³/mol. The van der Waals surface area contributed by atoms with Crippen LogP contribution in [0.25, 0.3) is 22.3 Å². The summed E-state index contributed by atoms with van der Waals surface area (Å²) < 4.78 is 31.4. The Hall–Kier alpha value is -4.46. The third-order valence-corrected chi connectivity index (χ3v) is 6.62. The van der Waals surface area contributed by atoms with Gasteiger partial charge in [-0.3, -0.25) is 9.59 Å². The summed E-state index contributed by atoms with van der Waals surface area (Å²) in [5, 5.41) is 9.11. The van der Waals surface area contributed by atoms with E-state index in [1.807, 2.05) is 50.2 Å². The summed E-state index contributed by atoms with van der Waals surface area (Å²) in [7, 11) is 1.37. The fourth-order valence-electron chi connectivity index (χ4n) is 4.73. The Morgan fingerprint density at radius 2 is 1.20 bits per heavy atom. The SMILES string of the molecule is CC(C)c1cccc(-c2ccnc(F)c2)c1CC(=O)O.COC(=O)Cc1c(-c2ccnc(F)c2)cccc1C(C)C. The van der Waals surface area contributed by atoms with Gasteiger partial charge >= 0.3 is 11.9 Å². The molecule has 2 aromatic carbocycles. The second kappa shape index (κ2) is 14.3. The molecule has 0 aliphatic rings. The molecule has 0 amide bonds. The first kappa shape index (κ1) is 31.1. The van der Waals surface area contributed by atoms with Crippen LogP contribution in [0.5, 0.6) is 0 Å². The summed E-state index contributed by atoms with van der Waals surface area (Å²) in [6.45, 7) is 8.15. The summed E-state index contributed by atoms with van der Waals surface area (Å²) >= 11 is 0. The van der Waals surface area contributed by atoms with Gasteiger partial charge in [-0.2, -0.15) is 8.78 Å². The van der Waals surface area contributed by atoms with Crippen LogP contribution in [0, 0.1) is 11.9 Å². The number of hydrogen-bond acceptors (Lipinski definition) is 5. The zero-order valence-electron chi connectivity index (χ0n) is 23.8. The monoisotopic (exact) mass is 560 g/mol. The Kier molecular flexibility index (Phi) is 10.8. The molecule has 0 fully saturated rings. The second-order valence-electron chi connectivity index (χ2n) is 10.1.